The molecular formula is C27H48N4O2S. The van der Waals surface area contributed by atoms with Crippen LogP contribution in [0.15, 0.2) is 0 Å². The fourth-order valence-corrected chi connectivity index (χ4v) is 5.88. The van der Waals surface area contributed by atoms with Gasteiger partial charge in [0.15, 0.2) is 5.25 Å². The summed E-state index contributed by atoms with van der Waals surface area (Å²) in [6, 6.07) is 6.41. The van der Waals surface area contributed by atoms with Crippen molar-refractivity contribution in [1.82, 2.24) is 4.31 Å². The van der Waals surface area contributed by atoms with Crippen molar-refractivity contribution in [2.75, 3.05) is 13.1 Å². The molecule has 0 aliphatic heterocycles. The first kappa shape index (κ1) is 32.4. The predicted molar refractivity (Wildman–Crippen MR) is 139 cm³/mol. The van der Waals surface area contributed by atoms with Crippen molar-refractivity contribution in [3.63, 3.8) is 0 Å². The molecule has 0 aromatic heterocycles. The van der Waals surface area contributed by atoms with Crippen LogP contribution in [0, 0.1) is 34.0 Å². The van der Waals surface area contributed by atoms with Gasteiger partial charge in [-0.2, -0.15) is 15.8 Å². The van der Waals surface area contributed by atoms with E-state index in [2.05, 4.69) is 25.1 Å². The Balaban J connectivity index is 4.68. The Morgan fingerprint density at radius 1 is 0.618 bits per heavy atom. The molecule has 0 aromatic rings. The molecule has 0 saturated carbocycles. The van der Waals surface area contributed by atoms with E-state index in [4.69, 9.17) is 10.5 Å². The Morgan fingerprint density at radius 2 is 1.03 bits per heavy atom. The normalized spacial score (nSPS) is 12.2. The number of nitrogens with zero attached hydrogens (tertiary/aromatic N) is 4. The Labute approximate surface area is 210 Å². The van der Waals surface area contributed by atoms with E-state index in [-0.39, 0.29) is 0 Å². The zero-order chi connectivity index (χ0) is 25.3. The minimum absolute atomic E-state index is 0.422. The number of nitriles is 3. The molecule has 0 N–H and O–H groups in total. The van der Waals surface area contributed by atoms with E-state index >= 15 is 0 Å². The zero-order valence-corrected chi connectivity index (χ0v) is 22.5. The van der Waals surface area contributed by atoms with Gasteiger partial charge in [0.1, 0.15) is 0 Å². The van der Waals surface area contributed by atoms with Crippen LogP contribution in [0.3, 0.4) is 0 Å². The van der Waals surface area contributed by atoms with E-state index in [1.54, 1.807) is 4.31 Å². The minimum Gasteiger partial charge on any atom is -0.211 e. The standard InChI is InChI=1S/C27H48N4O2S/c1-2-3-4-5-6-11-16-21-27(26-30)34(32,33)31(24-19-14-9-7-12-17-22-28)25-20-15-10-8-13-18-23-29/h27H,2-21,24-25H2,1H3. The average molecular weight is 493 g/mol. The molecule has 0 spiro atoms. The highest BCUT2D eigenvalue weighted by Crippen LogP contribution is 2.19. The van der Waals surface area contributed by atoms with Gasteiger partial charge in [0.05, 0.1) is 18.2 Å². The highest BCUT2D eigenvalue weighted by Gasteiger charge is 2.31. The fraction of sp³-hybridized carbons (Fsp3) is 0.889. The zero-order valence-electron chi connectivity index (χ0n) is 21.6. The second-order valence-electron chi connectivity index (χ2n) is 9.32. The van der Waals surface area contributed by atoms with Gasteiger partial charge in [0.25, 0.3) is 0 Å². The molecule has 0 radical (unpaired) electrons. The summed E-state index contributed by atoms with van der Waals surface area (Å²) in [7, 11) is -3.63. The molecule has 1 atom stereocenters. The van der Waals surface area contributed by atoms with Crippen molar-refractivity contribution in [3.05, 3.63) is 0 Å². The topological polar surface area (TPSA) is 109 Å². The van der Waals surface area contributed by atoms with Gasteiger partial charge in [0.2, 0.25) is 10.0 Å². The van der Waals surface area contributed by atoms with Crippen molar-refractivity contribution in [2.45, 2.75) is 141 Å². The largest absolute Gasteiger partial charge is 0.230 e. The molecule has 0 rings (SSSR count). The van der Waals surface area contributed by atoms with E-state index in [1.807, 2.05) is 0 Å². The highest BCUT2D eigenvalue weighted by molar-refractivity contribution is 7.90. The lowest BCUT2D eigenvalue weighted by molar-refractivity contribution is 0.379. The van der Waals surface area contributed by atoms with Gasteiger partial charge in [0, 0.05) is 25.9 Å². The number of rotatable bonds is 24. The maximum atomic E-state index is 13.3. The lowest BCUT2D eigenvalue weighted by atomic mass is 10.1. The predicted octanol–water partition coefficient (Wildman–Crippen LogP) is 7.38. The van der Waals surface area contributed by atoms with E-state index in [9.17, 15) is 13.7 Å². The van der Waals surface area contributed by atoms with Gasteiger partial charge < -0.3 is 0 Å². The van der Waals surface area contributed by atoms with Crippen molar-refractivity contribution in [3.8, 4) is 18.2 Å². The lowest BCUT2D eigenvalue weighted by Gasteiger charge is -2.25. The second-order valence-corrected chi connectivity index (χ2v) is 11.4. The van der Waals surface area contributed by atoms with Crippen LogP contribution in [0.5, 0.6) is 0 Å². The maximum absolute atomic E-state index is 13.3. The molecule has 0 aliphatic rings. The van der Waals surface area contributed by atoms with Gasteiger partial charge in [-0.25, -0.2) is 12.7 Å². The molecule has 194 valence electrons. The molecule has 0 aliphatic carbocycles. The van der Waals surface area contributed by atoms with Crippen LogP contribution in [0.4, 0.5) is 0 Å². The van der Waals surface area contributed by atoms with Gasteiger partial charge in [-0.3, -0.25) is 0 Å². The van der Waals surface area contributed by atoms with Crippen LogP contribution in [-0.2, 0) is 10.0 Å². The van der Waals surface area contributed by atoms with Gasteiger partial charge in [-0.1, -0.05) is 90.4 Å². The van der Waals surface area contributed by atoms with Gasteiger partial charge in [-0.05, 0) is 32.1 Å². The summed E-state index contributed by atoms with van der Waals surface area (Å²) in [6.07, 6.45) is 18.7. The first-order valence-corrected chi connectivity index (χ1v) is 15.2. The van der Waals surface area contributed by atoms with E-state index < -0.39 is 15.3 Å². The van der Waals surface area contributed by atoms with Crippen molar-refractivity contribution in [2.24, 2.45) is 0 Å². The minimum atomic E-state index is -3.63. The summed E-state index contributed by atoms with van der Waals surface area (Å²) in [6.45, 7) is 3.14. The maximum Gasteiger partial charge on any atom is 0.230 e. The van der Waals surface area contributed by atoms with Crippen LogP contribution in [-0.4, -0.2) is 31.1 Å². The first-order valence-electron chi connectivity index (χ1n) is 13.7. The Bertz CT molecular complexity index is 676. The SMILES string of the molecule is CCCCCCCCCC(C#N)S(=O)(=O)N(CCCCCCCC#N)CCCCCCCC#N. The summed E-state index contributed by atoms with van der Waals surface area (Å²) in [5.41, 5.74) is 0. The number of unbranched alkanes of at least 4 members (excludes halogenated alkanes) is 16. The number of sulfonamides is 1. The summed E-state index contributed by atoms with van der Waals surface area (Å²) >= 11 is 0. The van der Waals surface area contributed by atoms with E-state index in [0.717, 1.165) is 83.5 Å². The van der Waals surface area contributed by atoms with E-state index in [1.165, 1.54) is 25.7 Å². The van der Waals surface area contributed by atoms with Gasteiger partial charge in [-0.15, -0.1) is 0 Å². The molecule has 7 heteroatoms. The summed E-state index contributed by atoms with van der Waals surface area (Å²) in [4.78, 5) is 0. The molecule has 1 unspecified atom stereocenters. The van der Waals surface area contributed by atoms with Crippen molar-refractivity contribution < 1.29 is 8.42 Å². The molecule has 0 saturated heterocycles. The van der Waals surface area contributed by atoms with Crippen LogP contribution in [0.2, 0.25) is 0 Å². The third-order valence-electron chi connectivity index (χ3n) is 6.33. The molecule has 0 heterocycles. The Morgan fingerprint density at radius 3 is 1.47 bits per heavy atom. The second kappa shape index (κ2) is 23.1. The molecular weight excluding hydrogens is 444 g/mol. The Kier molecular flexibility index (Phi) is 22.0. The lowest BCUT2D eigenvalue weighted by Crippen LogP contribution is -2.39. The van der Waals surface area contributed by atoms with Gasteiger partial charge >= 0.3 is 0 Å². The van der Waals surface area contributed by atoms with Crippen LogP contribution in [0.25, 0.3) is 0 Å². The molecule has 0 bridgehead atoms. The number of hydrogen-bond acceptors (Lipinski definition) is 5. The molecule has 6 nitrogen and oxygen atoms in total. The highest BCUT2D eigenvalue weighted by atomic mass is 32.2. The summed E-state index contributed by atoms with van der Waals surface area (Å²) in [5.74, 6) is 0. The van der Waals surface area contributed by atoms with E-state index in [0.29, 0.717) is 32.4 Å². The summed E-state index contributed by atoms with van der Waals surface area (Å²) in [5, 5.41) is 26.0. The van der Waals surface area contributed by atoms with Crippen LogP contribution in [0.1, 0.15) is 135 Å². The molecule has 0 aromatic carbocycles. The van der Waals surface area contributed by atoms with Crippen LogP contribution >= 0.6 is 0 Å². The number of hydrogen-bond donors (Lipinski definition) is 0. The fourth-order valence-electron chi connectivity index (χ4n) is 4.16. The van der Waals surface area contributed by atoms with Crippen molar-refractivity contribution in [1.29, 1.82) is 15.8 Å². The quantitative estimate of drug-likeness (QED) is 0.131. The first-order chi connectivity index (χ1) is 16.5. The Hall–Kier alpha value is -1.62. The molecule has 34 heavy (non-hydrogen) atoms. The third kappa shape index (κ3) is 16.9. The molecule has 0 fully saturated rings. The average Bonchev–Trinajstić information content (AvgIpc) is 2.83. The van der Waals surface area contributed by atoms with Crippen molar-refractivity contribution >= 4 is 10.0 Å². The summed E-state index contributed by atoms with van der Waals surface area (Å²) < 4.78 is 28.2. The molecule has 0 amide bonds. The smallest absolute Gasteiger partial charge is 0.211 e. The van der Waals surface area contributed by atoms with Crippen LogP contribution < -0.4 is 0 Å². The third-order valence-corrected chi connectivity index (χ3v) is 8.47. The monoisotopic (exact) mass is 492 g/mol.